The van der Waals surface area contributed by atoms with Crippen molar-refractivity contribution in [2.24, 2.45) is 0 Å². The first-order chi connectivity index (χ1) is 21.8. The molecule has 8 aromatic rings. The van der Waals surface area contributed by atoms with Crippen LogP contribution in [0.2, 0.25) is 0 Å². The predicted molar refractivity (Wildman–Crippen MR) is 182 cm³/mol. The normalized spacial score (nSPS) is 11.2. The van der Waals surface area contributed by atoms with Gasteiger partial charge in [0.1, 0.15) is 0 Å². The smallest absolute Gasteiger partial charge is 0.160 e. The number of hydrogen-bond acceptors (Lipinski definition) is 3. The highest BCUT2D eigenvalue weighted by atomic mass is 14.9. The van der Waals surface area contributed by atoms with E-state index in [4.69, 9.17) is 9.97 Å². The number of rotatable bonds is 5. The van der Waals surface area contributed by atoms with Gasteiger partial charge in [0.25, 0.3) is 0 Å². The molecule has 0 aliphatic rings. The molecule has 0 unspecified atom stereocenters. The largest absolute Gasteiger partial charge is 0.265 e. The Balaban J connectivity index is 1.36. The van der Waals surface area contributed by atoms with Gasteiger partial charge < -0.3 is 0 Å². The van der Waals surface area contributed by atoms with E-state index in [-0.39, 0.29) is 0 Å². The van der Waals surface area contributed by atoms with Crippen molar-refractivity contribution in [3.63, 3.8) is 0 Å². The van der Waals surface area contributed by atoms with Gasteiger partial charge in [-0.1, -0.05) is 109 Å². The number of fused-ring (bicyclic) bond motifs is 3. The van der Waals surface area contributed by atoms with E-state index < -0.39 is 0 Å². The Morgan fingerprint density at radius 3 is 1.64 bits per heavy atom. The van der Waals surface area contributed by atoms with Crippen LogP contribution in [0.25, 0.3) is 77.7 Å². The van der Waals surface area contributed by atoms with Crippen molar-refractivity contribution in [2.45, 2.75) is 0 Å². The minimum Gasteiger partial charge on any atom is -0.265 e. The number of benzene rings is 6. The fraction of sp³-hybridized carbons (Fsp3) is 0. The SMILES string of the molecule is c1ccc(-c2cc(-c3cc(-c4ccncc4)cc(-c4ccc5ccc6ccccc6c5c4)c3)nc(-c3ccccc3)n2)cc1. The van der Waals surface area contributed by atoms with Crippen molar-refractivity contribution < 1.29 is 0 Å². The van der Waals surface area contributed by atoms with Gasteiger partial charge in [0.2, 0.25) is 0 Å². The van der Waals surface area contributed by atoms with E-state index in [0.29, 0.717) is 5.82 Å². The molecule has 206 valence electrons. The minimum atomic E-state index is 0.704. The quantitative estimate of drug-likeness (QED) is 0.196. The molecule has 2 heterocycles. The molecule has 0 aliphatic heterocycles. The van der Waals surface area contributed by atoms with E-state index in [1.807, 2.05) is 48.8 Å². The highest BCUT2D eigenvalue weighted by Crippen LogP contribution is 2.36. The first-order valence-electron chi connectivity index (χ1n) is 14.8. The van der Waals surface area contributed by atoms with Crippen LogP contribution in [0.1, 0.15) is 0 Å². The van der Waals surface area contributed by atoms with Crippen molar-refractivity contribution in [3.05, 3.63) is 164 Å². The topological polar surface area (TPSA) is 38.7 Å². The van der Waals surface area contributed by atoms with Gasteiger partial charge in [-0.2, -0.15) is 0 Å². The van der Waals surface area contributed by atoms with Gasteiger partial charge in [-0.3, -0.25) is 4.98 Å². The average molecular weight is 562 g/mol. The van der Waals surface area contributed by atoms with E-state index in [9.17, 15) is 0 Å². The van der Waals surface area contributed by atoms with Crippen LogP contribution in [-0.4, -0.2) is 15.0 Å². The van der Waals surface area contributed by atoms with Gasteiger partial charge in [-0.05, 0) is 86.3 Å². The summed E-state index contributed by atoms with van der Waals surface area (Å²) in [5, 5.41) is 4.98. The van der Waals surface area contributed by atoms with Gasteiger partial charge in [0, 0.05) is 29.1 Å². The molecule has 0 saturated heterocycles. The zero-order valence-electron chi connectivity index (χ0n) is 23.9. The zero-order chi connectivity index (χ0) is 29.3. The van der Waals surface area contributed by atoms with E-state index in [1.54, 1.807) is 0 Å². The maximum atomic E-state index is 5.14. The molecule has 0 fully saturated rings. The van der Waals surface area contributed by atoms with Gasteiger partial charge in [0.05, 0.1) is 11.4 Å². The van der Waals surface area contributed by atoms with Gasteiger partial charge in [-0.15, -0.1) is 0 Å². The second kappa shape index (κ2) is 11.0. The van der Waals surface area contributed by atoms with Gasteiger partial charge >= 0.3 is 0 Å². The third kappa shape index (κ3) is 4.91. The Hall–Kier alpha value is -5.93. The van der Waals surface area contributed by atoms with Crippen LogP contribution in [-0.2, 0) is 0 Å². The molecule has 2 aromatic heterocycles. The zero-order valence-corrected chi connectivity index (χ0v) is 23.9. The third-order valence-corrected chi connectivity index (χ3v) is 8.15. The summed E-state index contributed by atoms with van der Waals surface area (Å²) in [5.41, 5.74) is 9.34. The van der Waals surface area contributed by atoms with Crippen LogP contribution in [0.5, 0.6) is 0 Å². The fourth-order valence-corrected chi connectivity index (χ4v) is 5.90. The number of hydrogen-bond donors (Lipinski definition) is 0. The predicted octanol–water partition coefficient (Wildman–Crippen LogP) is 10.5. The van der Waals surface area contributed by atoms with Gasteiger partial charge in [-0.25, -0.2) is 9.97 Å². The fourth-order valence-electron chi connectivity index (χ4n) is 5.90. The molecular formula is C41H27N3. The van der Waals surface area contributed by atoms with Crippen LogP contribution in [0.15, 0.2) is 164 Å². The lowest BCUT2D eigenvalue weighted by molar-refractivity contribution is 1.18. The maximum absolute atomic E-state index is 5.14. The average Bonchev–Trinajstić information content (AvgIpc) is 3.12. The molecular weight excluding hydrogens is 534 g/mol. The standard InChI is InChI=1S/C41H27N3/c1-3-10-31(11-4-1)39-27-40(44-41(43-39)32-12-5-2-6-13-32)36-24-34(28-19-21-42-22-20-28)23-35(25-36)33-18-17-30-16-15-29-9-7-8-14-37(29)38(30)26-33/h1-27H. The summed E-state index contributed by atoms with van der Waals surface area (Å²) in [6.07, 6.45) is 3.69. The first-order valence-corrected chi connectivity index (χ1v) is 14.8. The molecule has 0 N–H and O–H groups in total. The number of nitrogens with zero attached hydrogens (tertiary/aromatic N) is 3. The molecule has 6 aromatic carbocycles. The monoisotopic (exact) mass is 561 g/mol. The van der Waals surface area contributed by atoms with E-state index >= 15 is 0 Å². The molecule has 3 heteroatoms. The summed E-state index contributed by atoms with van der Waals surface area (Å²) in [6, 6.07) is 53.2. The minimum absolute atomic E-state index is 0.704. The van der Waals surface area contributed by atoms with Crippen molar-refractivity contribution in [3.8, 4) is 56.2 Å². The Morgan fingerprint density at radius 2 is 0.886 bits per heavy atom. The van der Waals surface area contributed by atoms with Crippen LogP contribution < -0.4 is 0 Å². The van der Waals surface area contributed by atoms with E-state index in [0.717, 1.165) is 50.3 Å². The molecule has 0 aliphatic carbocycles. The van der Waals surface area contributed by atoms with Gasteiger partial charge in [0.15, 0.2) is 5.82 Å². The number of pyridine rings is 1. The molecule has 0 amide bonds. The molecule has 0 bridgehead atoms. The van der Waals surface area contributed by atoms with Crippen molar-refractivity contribution in [2.75, 3.05) is 0 Å². The molecule has 0 spiro atoms. The molecule has 8 rings (SSSR count). The summed E-state index contributed by atoms with van der Waals surface area (Å²) < 4.78 is 0. The summed E-state index contributed by atoms with van der Waals surface area (Å²) >= 11 is 0. The Kier molecular flexibility index (Phi) is 6.47. The Labute approximate surface area is 256 Å². The number of aromatic nitrogens is 3. The van der Waals surface area contributed by atoms with E-state index in [2.05, 4.69) is 120 Å². The lowest BCUT2D eigenvalue weighted by Gasteiger charge is -2.14. The molecule has 3 nitrogen and oxygen atoms in total. The van der Waals surface area contributed by atoms with Crippen LogP contribution >= 0.6 is 0 Å². The second-order valence-corrected chi connectivity index (χ2v) is 11.0. The molecule has 0 atom stereocenters. The van der Waals surface area contributed by atoms with Crippen molar-refractivity contribution in [1.29, 1.82) is 0 Å². The Morgan fingerprint density at radius 1 is 0.318 bits per heavy atom. The summed E-state index contributed by atoms with van der Waals surface area (Å²) in [6.45, 7) is 0. The van der Waals surface area contributed by atoms with Crippen LogP contribution in [0.4, 0.5) is 0 Å². The molecule has 0 radical (unpaired) electrons. The summed E-state index contributed by atoms with van der Waals surface area (Å²) in [5.74, 6) is 0.704. The summed E-state index contributed by atoms with van der Waals surface area (Å²) in [4.78, 5) is 14.4. The second-order valence-electron chi connectivity index (χ2n) is 11.0. The molecule has 44 heavy (non-hydrogen) atoms. The maximum Gasteiger partial charge on any atom is 0.160 e. The highest BCUT2D eigenvalue weighted by molar-refractivity contribution is 6.08. The summed E-state index contributed by atoms with van der Waals surface area (Å²) in [7, 11) is 0. The highest BCUT2D eigenvalue weighted by Gasteiger charge is 2.14. The van der Waals surface area contributed by atoms with Crippen molar-refractivity contribution >= 4 is 21.5 Å². The van der Waals surface area contributed by atoms with Crippen LogP contribution in [0, 0.1) is 0 Å². The van der Waals surface area contributed by atoms with Crippen molar-refractivity contribution in [1.82, 2.24) is 15.0 Å². The van der Waals surface area contributed by atoms with Crippen LogP contribution in [0.3, 0.4) is 0 Å². The van der Waals surface area contributed by atoms with E-state index in [1.165, 1.54) is 21.5 Å². The lowest BCUT2D eigenvalue weighted by Crippen LogP contribution is -1.96. The third-order valence-electron chi connectivity index (χ3n) is 8.15. The Bertz CT molecular complexity index is 2200. The lowest BCUT2D eigenvalue weighted by atomic mass is 9.93. The molecule has 0 saturated carbocycles. The first kappa shape index (κ1) is 25.8.